The number of hydrogen-bond donors (Lipinski definition) is 4. The van der Waals surface area contributed by atoms with Gasteiger partial charge in [-0.3, -0.25) is 14.4 Å². The van der Waals surface area contributed by atoms with Gasteiger partial charge in [-0.25, -0.2) is 4.79 Å². The number of carboxylic acids is 2. The molecule has 0 aliphatic carbocycles. The molecule has 0 aliphatic heterocycles. The molecule has 1 aromatic rings. The van der Waals surface area contributed by atoms with Crippen LogP contribution in [-0.2, 0) is 19.2 Å². The molecular formula is C16H20N2O6. The van der Waals surface area contributed by atoms with Crippen molar-refractivity contribution in [1.82, 2.24) is 10.6 Å². The second kappa shape index (κ2) is 9.29. The van der Waals surface area contributed by atoms with E-state index in [-0.39, 0.29) is 24.8 Å². The van der Waals surface area contributed by atoms with E-state index in [1.165, 1.54) is 0 Å². The number of amides is 2. The average Bonchev–Trinajstić information content (AvgIpc) is 2.52. The van der Waals surface area contributed by atoms with Crippen molar-refractivity contribution < 1.29 is 29.4 Å². The van der Waals surface area contributed by atoms with E-state index in [1.807, 2.05) is 30.3 Å². The van der Waals surface area contributed by atoms with E-state index >= 15 is 0 Å². The predicted octanol–water partition coefficient (Wildman–Crippen LogP) is 0.688. The first-order valence-corrected chi connectivity index (χ1v) is 7.38. The van der Waals surface area contributed by atoms with Crippen molar-refractivity contribution in [3.63, 3.8) is 0 Å². The molecule has 0 bridgehead atoms. The second-order valence-electron chi connectivity index (χ2n) is 5.26. The van der Waals surface area contributed by atoms with Crippen LogP contribution in [0.2, 0.25) is 0 Å². The van der Waals surface area contributed by atoms with Gasteiger partial charge in [-0.1, -0.05) is 30.3 Å². The molecule has 0 fully saturated rings. The van der Waals surface area contributed by atoms with E-state index in [4.69, 9.17) is 10.2 Å². The van der Waals surface area contributed by atoms with Gasteiger partial charge in [0.1, 0.15) is 6.04 Å². The average molecular weight is 336 g/mol. The highest BCUT2D eigenvalue weighted by molar-refractivity contribution is 5.88. The van der Waals surface area contributed by atoms with Gasteiger partial charge in [0.15, 0.2) is 0 Å². The highest BCUT2D eigenvalue weighted by Gasteiger charge is 2.23. The Labute approximate surface area is 138 Å². The van der Waals surface area contributed by atoms with Crippen molar-refractivity contribution in [2.75, 3.05) is 0 Å². The summed E-state index contributed by atoms with van der Waals surface area (Å²) in [4.78, 5) is 44.9. The molecule has 0 saturated carbocycles. The lowest BCUT2D eigenvalue weighted by Gasteiger charge is -2.15. The van der Waals surface area contributed by atoms with Gasteiger partial charge in [0, 0.05) is 12.8 Å². The van der Waals surface area contributed by atoms with Crippen molar-refractivity contribution in [2.24, 2.45) is 0 Å². The van der Waals surface area contributed by atoms with E-state index in [9.17, 15) is 19.2 Å². The second-order valence-corrected chi connectivity index (χ2v) is 5.26. The van der Waals surface area contributed by atoms with Gasteiger partial charge in [-0.2, -0.15) is 0 Å². The Morgan fingerprint density at radius 3 is 2.00 bits per heavy atom. The first-order valence-electron chi connectivity index (χ1n) is 7.38. The molecule has 0 heterocycles. The maximum absolute atomic E-state index is 11.8. The van der Waals surface area contributed by atoms with Gasteiger partial charge in [-0.15, -0.1) is 0 Å². The Balaban J connectivity index is 2.41. The maximum Gasteiger partial charge on any atom is 0.326 e. The lowest BCUT2D eigenvalue weighted by atomic mass is 10.1. The standard InChI is InChI=1S/C16H20N2O6/c1-10(11-5-3-2-4-6-11)17-13(19)7-8-14(20)18-12(16(23)24)9-15(21)22/h2-6,10,12H,7-9H2,1H3,(H,17,19)(H,18,20)(H,21,22)(H,23,24)/t10-,12-/m1/s1. The Hall–Kier alpha value is -2.90. The number of hydrogen-bond acceptors (Lipinski definition) is 4. The lowest BCUT2D eigenvalue weighted by Crippen LogP contribution is -2.42. The number of carbonyl (C=O) groups excluding carboxylic acids is 2. The van der Waals surface area contributed by atoms with E-state index in [0.29, 0.717) is 0 Å². The lowest BCUT2D eigenvalue weighted by molar-refractivity contribution is -0.147. The zero-order valence-corrected chi connectivity index (χ0v) is 13.2. The summed E-state index contributed by atoms with van der Waals surface area (Å²) in [6, 6.07) is 7.54. The molecule has 1 aromatic carbocycles. The zero-order valence-electron chi connectivity index (χ0n) is 13.2. The molecule has 4 N–H and O–H groups in total. The topological polar surface area (TPSA) is 133 Å². The molecule has 0 unspecified atom stereocenters. The third-order valence-electron chi connectivity index (χ3n) is 3.27. The minimum atomic E-state index is -1.51. The summed E-state index contributed by atoms with van der Waals surface area (Å²) < 4.78 is 0. The van der Waals surface area contributed by atoms with Crippen LogP contribution in [0.4, 0.5) is 0 Å². The number of carboxylic acid groups (broad SMARTS) is 2. The Bertz CT molecular complexity index is 602. The molecule has 0 radical (unpaired) electrons. The van der Waals surface area contributed by atoms with Crippen molar-refractivity contribution in [3.8, 4) is 0 Å². The summed E-state index contributed by atoms with van der Waals surface area (Å²) in [6.45, 7) is 1.81. The van der Waals surface area contributed by atoms with Crippen LogP contribution in [0, 0.1) is 0 Å². The quantitative estimate of drug-likeness (QED) is 0.524. The Morgan fingerprint density at radius 1 is 0.958 bits per heavy atom. The fourth-order valence-electron chi connectivity index (χ4n) is 2.01. The van der Waals surface area contributed by atoms with Crippen LogP contribution < -0.4 is 10.6 Å². The minimum Gasteiger partial charge on any atom is -0.481 e. The highest BCUT2D eigenvalue weighted by atomic mass is 16.4. The Kier molecular flexibility index (Phi) is 7.41. The first-order chi connectivity index (χ1) is 11.3. The predicted molar refractivity (Wildman–Crippen MR) is 84.1 cm³/mol. The molecule has 0 aromatic heterocycles. The van der Waals surface area contributed by atoms with E-state index in [0.717, 1.165) is 5.56 Å². The van der Waals surface area contributed by atoms with Gasteiger partial charge in [0.25, 0.3) is 0 Å². The van der Waals surface area contributed by atoms with Gasteiger partial charge >= 0.3 is 11.9 Å². The third-order valence-corrected chi connectivity index (χ3v) is 3.27. The maximum atomic E-state index is 11.8. The molecule has 24 heavy (non-hydrogen) atoms. The molecule has 0 spiro atoms. The normalized spacial score (nSPS) is 12.7. The molecule has 130 valence electrons. The summed E-state index contributed by atoms with van der Waals surface area (Å²) in [5, 5.41) is 22.2. The van der Waals surface area contributed by atoms with E-state index in [2.05, 4.69) is 10.6 Å². The van der Waals surface area contributed by atoms with Crippen LogP contribution >= 0.6 is 0 Å². The van der Waals surface area contributed by atoms with Crippen LogP contribution in [0.25, 0.3) is 0 Å². The molecule has 0 saturated heterocycles. The first kappa shape index (κ1) is 19.1. The smallest absolute Gasteiger partial charge is 0.326 e. The summed E-state index contributed by atoms with van der Waals surface area (Å²) in [5.41, 5.74) is 0.919. The summed E-state index contributed by atoms with van der Waals surface area (Å²) in [7, 11) is 0. The van der Waals surface area contributed by atoms with E-state index in [1.54, 1.807) is 6.92 Å². The fourth-order valence-corrected chi connectivity index (χ4v) is 2.01. The third kappa shape index (κ3) is 6.91. The molecule has 1 rings (SSSR count). The minimum absolute atomic E-state index is 0.123. The van der Waals surface area contributed by atoms with Crippen LogP contribution in [0.5, 0.6) is 0 Å². The van der Waals surface area contributed by atoms with Crippen LogP contribution in [-0.4, -0.2) is 40.0 Å². The SMILES string of the molecule is C[C@@H](NC(=O)CCC(=O)N[C@H](CC(=O)O)C(=O)O)c1ccccc1. The zero-order chi connectivity index (χ0) is 18.1. The van der Waals surface area contributed by atoms with Crippen LogP contribution in [0.15, 0.2) is 30.3 Å². The van der Waals surface area contributed by atoms with Crippen molar-refractivity contribution in [2.45, 2.75) is 38.3 Å². The Morgan fingerprint density at radius 2 is 1.50 bits per heavy atom. The molecule has 8 heteroatoms. The highest BCUT2D eigenvalue weighted by Crippen LogP contribution is 2.11. The summed E-state index contributed by atoms with van der Waals surface area (Å²) in [6.07, 6.45) is -1.07. The number of nitrogens with one attached hydrogen (secondary N) is 2. The summed E-state index contributed by atoms with van der Waals surface area (Å²) in [5.74, 6) is -3.82. The monoisotopic (exact) mass is 336 g/mol. The molecule has 2 atom stereocenters. The molecule has 2 amide bonds. The van der Waals surface area contributed by atoms with Gasteiger partial charge in [0.2, 0.25) is 11.8 Å². The van der Waals surface area contributed by atoms with Crippen LogP contribution in [0.3, 0.4) is 0 Å². The number of benzene rings is 1. The number of aliphatic carboxylic acids is 2. The van der Waals surface area contributed by atoms with Gasteiger partial charge in [-0.05, 0) is 12.5 Å². The largest absolute Gasteiger partial charge is 0.481 e. The van der Waals surface area contributed by atoms with Crippen molar-refractivity contribution >= 4 is 23.8 Å². The number of rotatable bonds is 9. The van der Waals surface area contributed by atoms with Crippen LogP contribution in [0.1, 0.15) is 37.8 Å². The van der Waals surface area contributed by atoms with Gasteiger partial charge in [0.05, 0.1) is 12.5 Å². The van der Waals surface area contributed by atoms with Crippen molar-refractivity contribution in [1.29, 1.82) is 0 Å². The molecule has 0 aliphatic rings. The van der Waals surface area contributed by atoms with Gasteiger partial charge < -0.3 is 20.8 Å². The molecular weight excluding hydrogens is 316 g/mol. The van der Waals surface area contributed by atoms with Crippen molar-refractivity contribution in [3.05, 3.63) is 35.9 Å². The van der Waals surface area contributed by atoms with E-state index < -0.39 is 30.3 Å². The fraction of sp³-hybridized carbons (Fsp3) is 0.375. The molecule has 8 nitrogen and oxygen atoms in total. The summed E-state index contributed by atoms with van der Waals surface area (Å²) >= 11 is 0. The number of carbonyl (C=O) groups is 4.